The van der Waals surface area contributed by atoms with Crippen LogP contribution in [0.5, 0.6) is 0 Å². The molecule has 13 heavy (non-hydrogen) atoms. The van der Waals surface area contributed by atoms with Gasteiger partial charge >= 0.3 is 0 Å². The standard InChI is InChI=1S/C10H15NO2/c1-4-5-10(12)11-6-7-13-9(3)8(11)2/h8-9H,6-7H2,1-3H3. The molecule has 3 nitrogen and oxygen atoms in total. The average Bonchev–Trinajstić information content (AvgIpc) is 2.10. The Bertz CT molecular complexity index is 251. The zero-order valence-corrected chi connectivity index (χ0v) is 8.33. The van der Waals surface area contributed by atoms with Crippen molar-refractivity contribution in [2.24, 2.45) is 0 Å². The van der Waals surface area contributed by atoms with Crippen LogP contribution in [0.2, 0.25) is 0 Å². The number of nitrogens with zero attached hydrogens (tertiary/aromatic N) is 1. The molecule has 0 N–H and O–H groups in total. The Kier molecular flexibility index (Phi) is 3.32. The summed E-state index contributed by atoms with van der Waals surface area (Å²) in [5.41, 5.74) is 0. The van der Waals surface area contributed by atoms with Crippen LogP contribution in [0.15, 0.2) is 0 Å². The summed E-state index contributed by atoms with van der Waals surface area (Å²) < 4.78 is 5.41. The molecule has 0 aromatic rings. The third-order valence-electron chi connectivity index (χ3n) is 2.38. The van der Waals surface area contributed by atoms with Gasteiger partial charge in [-0.2, -0.15) is 0 Å². The zero-order valence-electron chi connectivity index (χ0n) is 8.33. The Morgan fingerprint density at radius 3 is 2.85 bits per heavy atom. The Morgan fingerprint density at radius 1 is 1.54 bits per heavy atom. The second-order valence-electron chi connectivity index (χ2n) is 3.19. The maximum atomic E-state index is 11.5. The van der Waals surface area contributed by atoms with Crippen LogP contribution >= 0.6 is 0 Å². The predicted molar refractivity (Wildman–Crippen MR) is 50.0 cm³/mol. The van der Waals surface area contributed by atoms with Crippen molar-refractivity contribution in [3.63, 3.8) is 0 Å². The molecule has 1 aliphatic heterocycles. The van der Waals surface area contributed by atoms with Gasteiger partial charge in [-0.15, -0.1) is 0 Å². The first-order valence-corrected chi connectivity index (χ1v) is 4.51. The molecule has 0 aromatic carbocycles. The monoisotopic (exact) mass is 181 g/mol. The van der Waals surface area contributed by atoms with Crippen molar-refractivity contribution in [1.82, 2.24) is 4.90 Å². The minimum absolute atomic E-state index is 0.0925. The third kappa shape index (κ3) is 2.22. The first-order valence-electron chi connectivity index (χ1n) is 4.51. The highest BCUT2D eigenvalue weighted by atomic mass is 16.5. The molecule has 0 aromatic heterocycles. The highest BCUT2D eigenvalue weighted by Crippen LogP contribution is 2.12. The molecule has 2 atom stereocenters. The van der Waals surface area contributed by atoms with Gasteiger partial charge in [0, 0.05) is 6.54 Å². The van der Waals surface area contributed by atoms with Gasteiger partial charge in [-0.25, -0.2) is 0 Å². The normalized spacial score (nSPS) is 27.8. The van der Waals surface area contributed by atoms with Crippen LogP contribution < -0.4 is 0 Å². The van der Waals surface area contributed by atoms with Gasteiger partial charge in [0.2, 0.25) is 0 Å². The van der Waals surface area contributed by atoms with Gasteiger partial charge < -0.3 is 9.64 Å². The molecule has 1 amide bonds. The van der Waals surface area contributed by atoms with E-state index in [-0.39, 0.29) is 18.1 Å². The average molecular weight is 181 g/mol. The van der Waals surface area contributed by atoms with Crippen molar-refractivity contribution in [1.29, 1.82) is 0 Å². The summed E-state index contributed by atoms with van der Waals surface area (Å²) >= 11 is 0. The zero-order chi connectivity index (χ0) is 9.84. The minimum Gasteiger partial charge on any atom is -0.375 e. The lowest BCUT2D eigenvalue weighted by molar-refractivity contribution is -0.137. The number of hydrogen-bond acceptors (Lipinski definition) is 2. The Morgan fingerprint density at radius 2 is 2.23 bits per heavy atom. The van der Waals surface area contributed by atoms with Gasteiger partial charge in [0.15, 0.2) is 0 Å². The van der Waals surface area contributed by atoms with E-state index in [0.717, 1.165) is 0 Å². The number of morpholine rings is 1. The van der Waals surface area contributed by atoms with Gasteiger partial charge in [0.25, 0.3) is 5.91 Å². The molecule has 0 bridgehead atoms. The SMILES string of the molecule is CC#CC(=O)N1CCOC(C)C1C. The summed E-state index contributed by atoms with van der Waals surface area (Å²) in [5, 5.41) is 0. The van der Waals surface area contributed by atoms with Gasteiger partial charge in [0.1, 0.15) is 0 Å². The molecular weight excluding hydrogens is 166 g/mol. The lowest BCUT2D eigenvalue weighted by Gasteiger charge is -2.36. The fraction of sp³-hybridized carbons (Fsp3) is 0.700. The van der Waals surface area contributed by atoms with E-state index in [1.807, 2.05) is 13.8 Å². The van der Waals surface area contributed by atoms with Crippen LogP contribution in [0.4, 0.5) is 0 Å². The fourth-order valence-corrected chi connectivity index (χ4v) is 1.40. The fourth-order valence-electron chi connectivity index (χ4n) is 1.40. The maximum Gasteiger partial charge on any atom is 0.298 e. The van der Waals surface area contributed by atoms with Crippen molar-refractivity contribution >= 4 is 5.91 Å². The minimum atomic E-state index is -0.0925. The van der Waals surface area contributed by atoms with E-state index in [4.69, 9.17) is 4.74 Å². The first kappa shape index (κ1) is 10.1. The smallest absolute Gasteiger partial charge is 0.298 e. The van der Waals surface area contributed by atoms with Crippen LogP contribution in [0.25, 0.3) is 0 Å². The highest BCUT2D eigenvalue weighted by Gasteiger charge is 2.27. The van der Waals surface area contributed by atoms with E-state index in [2.05, 4.69) is 11.8 Å². The van der Waals surface area contributed by atoms with Crippen LogP contribution in [0.3, 0.4) is 0 Å². The van der Waals surface area contributed by atoms with Crippen LogP contribution in [0.1, 0.15) is 20.8 Å². The van der Waals surface area contributed by atoms with Crippen molar-refractivity contribution in [3.8, 4) is 11.8 Å². The van der Waals surface area contributed by atoms with Crippen LogP contribution in [-0.2, 0) is 9.53 Å². The molecule has 0 saturated carbocycles. The Labute approximate surface area is 79.1 Å². The number of carbonyl (C=O) groups excluding carboxylic acids is 1. The van der Waals surface area contributed by atoms with Gasteiger partial charge in [-0.05, 0) is 26.7 Å². The number of rotatable bonds is 0. The van der Waals surface area contributed by atoms with Gasteiger partial charge in [-0.1, -0.05) is 5.92 Å². The molecular formula is C10H15NO2. The number of carbonyl (C=O) groups is 1. The van der Waals surface area contributed by atoms with Crippen molar-refractivity contribution in [3.05, 3.63) is 0 Å². The topological polar surface area (TPSA) is 29.5 Å². The van der Waals surface area contributed by atoms with E-state index >= 15 is 0 Å². The molecule has 0 spiro atoms. The second kappa shape index (κ2) is 4.29. The molecule has 1 fully saturated rings. The van der Waals surface area contributed by atoms with E-state index in [1.54, 1.807) is 11.8 Å². The predicted octanol–water partition coefficient (Wildman–Crippen LogP) is 0.645. The molecule has 3 heteroatoms. The first-order chi connectivity index (χ1) is 6.16. The summed E-state index contributed by atoms with van der Waals surface area (Å²) in [5.74, 6) is 5.07. The Hall–Kier alpha value is -1.01. The van der Waals surface area contributed by atoms with Crippen LogP contribution in [-0.4, -0.2) is 36.1 Å². The molecule has 1 rings (SSSR count). The highest BCUT2D eigenvalue weighted by molar-refractivity contribution is 5.93. The summed E-state index contributed by atoms with van der Waals surface area (Å²) in [6.45, 7) is 6.90. The van der Waals surface area contributed by atoms with Crippen molar-refractivity contribution in [2.75, 3.05) is 13.2 Å². The van der Waals surface area contributed by atoms with Crippen molar-refractivity contribution in [2.45, 2.75) is 32.9 Å². The number of ether oxygens (including phenoxy) is 1. The largest absolute Gasteiger partial charge is 0.375 e. The maximum absolute atomic E-state index is 11.5. The number of amides is 1. The molecule has 72 valence electrons. The van der Waals surface area contributed by atoms with E-state index in [9.17, 15) is 4.79 Å². The molecule has 2 unspecified atom stereocenters. The lowest BCUT2D eigenvalue weighted by atomic mass is 10.1. The summed E-state index contributed by atoms with van der Waals surface area (Å²) in [4.78, 5) is 13.2. The van der Waals surface area contributed by atoms with Crippen molar-refractivity contribution < 1.29 is 9.53 Å². The van der Waals surface area contributed by atoms with E-state index in [1.165, 1.54) is 0 Å². The number of hydrogen-bond donors (Lipinski definition) is 0. The molecule has 0 radical (unpaired) electrons. The molecule has 1 aliphatic rings. The molecule has 1 heterocycles. The van der Waals surface area contributed by atoms with E-state index in [0.29, 0.717) is 13.2 Å². The quantitative estimate of drug-likeness (QED) is 0.513. The molecule has 1 saturated heterocycles. The summed E-state index contributed by atoms with van der Waals surface area (Å²) in [7, 11) is 0. The molecule has 0 aliphatic carbocycles. The summed E-state index contributed by atoms with van der Waals surface area (Å²) in [6, 6.07) is 0.127. The van der Waals surface area contributed by atoms with E-state index < -0.39 is 0 Å². The Balaban J connectivity index is 2.66. The van der Waals surface area contributed by atoms with Crippen LogP contribution in [0, 0.1) is 11.8 Å². The third-order valence-corrected chi connectivity index (χ3v) is 2.38. The second-order valence-corrected chi connectivity index (χ2v) is 3.19. The van der Waals surface area contributed by atoms with Gasteiger partial charge in [-0.3, -0.25) is 4.79 Å². The van der Waals surface area contributed by atoms with Gasteiger partial charge in [0.05, 0.1) is 18.8 Å². The lowest BCUT2D eigenvalue weighted by Crippen LogP contribution is -2.50. The summed E-state index contributed by atoms with van der Waals surface area (Å²) in [6.07, 6.45) is 0.108.